The lowest BCUT2D eigenvalue weighted by atomic mass is 10.2. The Morgan fingerprint density at radius 1 is 1.23 bits per heavy atom. The highest BCUT2D eigenvalue weighted by atomic mass is 16.5. The average molecular weight is 350 g/mol. The lowest BCUT2D eigenvalue weighted by molar-refractivity contribution is 0.242. The molecule has 7 nitrogen and oxygen atoms in total. The summed E-state index contributed by atoms with van der Waals surface area (Å²) in [7, 11) is 0. The quantitative estimate of drug-likeness (QED) is 0.657. The number of aromatic nitrogens is 3. The molecule has 1 fully saturated rings. The molecular formula is C19H22N6O. The van der Waals surface area contributed by atoms with Gasteiger partial charge >= 0.3 is 0 Å². The predicted octanol–water partition coefficient (Wildman–Crippen LogP) is 2.75. The molecule has 0 atom stereocenters. The molecule has 1 aliphatic heterocycles. The van der Waals surface area contributed by atoms with E-state index in [9.17, 15) is 0 Å². The first-order valence-corrected chi connectivity index (χ1v) is 8.71. The van der Waals surface area contributed by atoms with Gasteiger partial charge in [-0.25, -0.2) is 9.50 Å². The molecule has 3 heterocycles. The normalized spacial score (nSPS) is 15.6. The summed E-state index contributed by atoms with van der Waals surface area (Å²) in [5, 5.41) is 14.2. The maximum absolute atomic E-state index is 5.67. The summed E-state index contributed by atoms with van der Waals surface area (Å²) in [6.07, 6.45) is 5.98. The van der Waals surface area contributed by atoms with Crippen LogP contribution in [0.5, 0.6) is 5.75 Å². The molecule has 0 unspecified atom stereocenters. The van der Waals surface area contributed by atoms with Gasteiger partial charge in [0.2, 0.25) is 0 Å². The Morgan fingerprint density at radius 2 is 2.08 bits per heavy atom. The molecule has 0 aliphatic carbocycles. The number of nitrogens with one attached hydrogen (secondary N) is 3. The van der Waals surface area contributed by atoms with Crippen LogP contribution < -0.4 is 20.7 Å². The minimum atomic E-state index is 0.164. The number of ether oxygens (including phenoxy) is 1. The van der Waals surface area contributed by atoms with Crippen molar-refractivity contribution in [2.24, 2.45) is 0 Å². The van der Waals surface area contributed by atoms with E-state index in [0.717, 1.165) is 47.4 Å². The fourth-order valence-electron chi connectivity index (χ4n) is 2.82. The molecule has 0 radical (unpaired) electrons. The Hall–Kier alpha value is -3.06. The average Bonchev–Trinajstić information content (AvgIpc) is 3.27. The summed E-state index contributed by atoms with van der Waals surface area (Å²) >= 11 is 0. The molecule has 2 aromatic heterocycles. The van der Waals surface area contributed by atoms with Gasteiger partial charge < -0.3 is 15.4 Å². The van der Waals surface area contributed by atoms with Gasteiger partial charge in [0.05, 0.1) is 19.0 Å². The number of hydrogen-bond donors (Lipinski definition) is 3. The van der Waals surface area contributed by atoms with Gasteiger partial charge in [-0.1, -0.05) is 0 Å². The second-order valence-corrected chi connectivity index (χ2v) is 6.45. The van der Waals surface area contributed by atoms with E-state index in [1.165, 1.54) is 0 Å². The Bertz CT molecular complexity index is 921. The van der Waals surface area contributed by atoms with Crippen molar-refractivity contribution >= 4 is 23.2 Å². The third-order valence-electron chi connectivity index (χ3n) is 3.98. The zero-order valence-electron chi connectivity index (χ0n) is 14.9. The maximum atomic E-state index is 5.67. The first-order valence-electron chi connectivity index (χ1n) is 8.71. The monoisotopic (exact) mass is 350 g/mol. The fourth-order valence-corrected chi connectivity index (χ4v) is 2.82. The number of fused-ring (bicyclic) bond motifs is 1. The van der Waals surface area contributed by atoms with Gasteiger partial charge in [0, 0.05) is 29.7 Å². The third kappa shape index (κ3) is 3.62. The minimum Gasteiger partial charge on any atom is -0.491 e. The van der Waals surface area contributed by atoms with Gasteiger partial charge in [0.25, 0.3) is 0 Å². The van der Waals surface area contributed by atoms with Gasteiger partial charge in [-0.05, 0) is 50.3 Å². The summed E-state index contributed by atoms with van der Waals surface area (Å²) in [5.41, 5.74) is 3.90. The predicted molar refractivity (Wildman–Crippen MR) is 102 cm³/mol. The van der Waals surface area contributed by atoms with Crippen LogP contribution >= 0.6 is 0 Å². The first kappa shape index (κ1) is 16.4. The summed E-state index contributed by atoms with van der Waals surface area (Å²) in [6, 6.07) is 9.78. The molecule has 1 aromatic carbocycles. The highest BCUT2D eigenvalue weighted by Gasteiger charge is 2.09. The van der Waals surface area contributed by atoms with Crippen molar-refractivity contribution in [3.05, 3.63) is 54.0 Å². The molecule has 7 heteroatoms. The van der Waals surface area contributed by atoms with E-state index in [-0.39, 0.29) is 6.10 Å². The van der Waals surface area contributed by atoms with Gasteiger partial charge in [-0.15, -0.1) is 0 Å². The Morgan fingerprint density at radius 3 is 2.81 bits per heavy atom. The van der Waals surface area contributed by atoms with E-state index in [1.54, 1.807) is 4.52 Å². The van der Waals surface area contributed by atoms with E-state index in [0.29, 0.717) is 0 Å². The lowest BCUT2D eigenvalue weighted by Gasteiger charge is -2.11. The SMILES string of the molecule is CC(C)Oc1ccc(Nc2ccn3ncc(C=C4CNCN4)c3n2)cc1. The minimum absolute atomic E-state index is 0.164. The van der Waals surface area contributed by atoms with Crippen molar-refractivity contribution in [3.63, 3.8) is 0 Å². The molecular weight excluding hydrogens is 328 g/mol. The standard InChI is InChI=1S/C19H22N6O/c1-13(2)26-17-5-3-15(4-6-17)23-18-7-8-25-19(24-18)14(10-22-25)9-16-11-20-12-21-16/h3-10,13,20-21H,11-12H2,1-2H3,(H,23,24). The number of benzene rings is 1. The highest BCUT2D eigenvalue weighted by molar-refractivity contribution is 5.69. The van der Waals surface area contributed by atoms with Crippen molar-refractivity contribution in [2.45, 2.75) is 20.0 Å². The molecule has 0 saturated carbocycles. The van der Waals surface area contributed by atoms with E-state index in [1.807, 2.05) is 56.6 Å². The molecule has 134 valence electrons. The van der Waals surface area contributed by atoms with E-state index >= 15 is 0 Å². The van der Waals surface area contributed by atoms with Gasteiger partial charge in [-0.2, -0.15) is 5.10 Å². The van der Waals surface area contributed by atoms with Crippen LogP contribution in [-0.2, 0) is 0 Å². The van der Waals surface area contributed by atoms with Gasteiger partial charge in [0.15, 0.2) is 5.65 Å². The van der Waals surface area contributed by atoms with Crippen molar-refractivity contribution in [1.29, 1.82) is 0 Å². The van der Waals surface area contributed by atoms with Crippen LogP contribution in [-0.4, -0.2) is 33.9 Å². The Balaban J connectivity index is 1.56. The molecule has 0 spiro atoms. The lowest BCUT2D eigenvalue weighted by Crippen LogP contribution is -2.10. The summed E-state index contributed by atoms with van der Waals surface area (Å²) < 4.78 is 7.45. The second kappa shape index (κ2) is 7.05. The van der Waals surface area contributed by atoms with Crippen LogP contribution in [0.3, 0.4) is 0 Å². The van der Waals surface area contributed by atoms with Crippen LogP contribution in [0.4, 0.5) is 11.5 Å². The Labute approximate surface area is 152 Å². The summed E-state index contributed by atoms with van der Waals surface area (Å²) in [5.74, 6) is 1.63. The highest BCUT2D eigenvalue weighted by Crippen LogP contribution is 2.21. The van der Waals surface area contributed by atoms with E-state index < -0.39 is 0 Å². The zero-order valence-corrected chi connectivity index (χ0v) is 14.9. The number of anilines is 2. The summed E-state index contributed by atoms with van der Waals surface area (Å²) in [6.45, 7) is 5.66. The molecule has 0 bridgehead atoms. The fraction of sp³-hybridized carbons (Fsp3) is 0.263. The number of hydrogen-bond acceptors (Lipinski definition) is 6. The molecule has 3 aromatic rings. The van der Waals surface area contributed by atoms with Crippen LogP contribution in [0.2, 0.25) is 0 Å². The third-order valence-corrected chi connectivity index (χ3v) is 3.98. The van der Waals surface area contributed by atoms with Crippen molar-refractivity contribution < 1.29 is 4.74 Å². The van der Waals surface area contributed by atoms with Crippen LogP contribution in [0.25, 0.3) is 11.7 Å². The van der Waals surface area contributed by atoms with E-state index in [4.69, 9.17) is 9.72 Å². The smallest absolute Gasteiger partial charge is 0.164 e. The van der Waals surface area contributed by atoms with Crippen molar-refractivity contribution in [1.82, 2.24) is 25.2 Å². The summed E-state index contributed by atoms with van der Waals surface area (Å²) in [4.78, 5) is 4.71. The first-order chi connectivity index (χ1) is 12.7. The largest absolute Gasteiger partial charge is 0.491 e. The van der Waals surface area contributed by atoms with E-state index in [2.05, 4.69) is 27.1 Å². The van der Waals surface area contributed by atoms with Crippen molar-refractivity contribution in [2.75, 3.05) is 18.5 Å². The molecule has 3 N–H and O–H groups in total. The number of rotatable bonds is 5. The van der Waals surface area contributed by atoms with Gasteiger partial charge in [0.1, 0.15) is 11.6 Å². The molecule has 26 heavy (non-hydrogen) atoms. The van der Waals surface area contributed by atoms with Crippen molar-refractivity contribution in [3.8, 4) is 5.75 Å². The van der Waals surface area contributed by atoms with Crippen LogP contribution in [0.15, 0.2) is 48.4 Å². The molecule has 1 saturated heterocycles. The maximum Gasteiger partial charge on any atom is 0.164 e. The second-order valence-electron chi connectivity index (χ2n) is 6.45. The number of nitrogens with zero attached hydrogens (tertiary/aromatic N) is 3. The molecule has 0 amide bonds. The molecule has 1 aliphatic rings. The molecule has 4 rings (SSSR count). The zero-order chi connectivity index (χ0) is 17.9. The van der Waals surface area contributed by atoms with Gasteiger partial charge in [-0.3, -0.25) is 5.32 Å². The Kier molecular flexibility index (Phi) is 4.45. The van der Waals surface area contributed by atoms with Crippen LogP contribution in [0.1, 0.15) is 19.4 Å². The van der Waals surface area contributed by atoms with Crippen LogP contribution in [0, 0.1) is 0 Å². The topological polar surface area (TPSA) is 75.5 Å².